The monoisotopic (exact) mass is 518 g/mol. The zero-order valence-corrected chi connectivity index (χ0v) is 23.9. The van der Waals surface area contributed by atoms with E-state index in [0.29, 0.717) is 18.1 Å². The van der Waals surface area contributed by atoms with Gasteiger partial charge in [0.05, 0.1) is 5.69 Å². The highest BCUT2D eigenvalue weighted by atomic mass is 15.3. The van der Waals surface area contributed by atoms with Crippen LogP contribution in [-0.2, 0) is 13.0 Å². The van der Waals surface area contributed by atoms with Crippen molar-refractivity contribution in [1.82, 2.24) is 14.9 Å². The molecule has 0 saturated carbocycles. The first kappa shape index (κ1) is 27.1. The number of hydrogen-bond donors (Lipinski definition) is 0. The van der Waals surface area contributed by atoms with E-state index in [1.807, 2.05) is 58.4 Å². The van der Waals surface area contributed by atoms with Crippen molar-refractivity contribution in [1.29, 1.82) is 0 Å². The second kappa shape index (κ2) is 12.6. The van der Waals surface area contributed by atoms with Crippen LogP contribution in [0.1, 0.15) is 70.2 Å². The molecule has 4 nitrogen and oxygen atoms in total. The fourth-order valence-corrected chi connectivity index (χ4v) is 6.69. The summed E-state index contributed by atoms with van der Waals surface area (Å²) in [5.74, 6) is 0. The molecule has 2 fully saturated rings. The number of rotatable bonds is 4. The van der Waals surface area contributed by atoms with Gasteiger partial charge < -0.3 is 4.90 Å². The number of pyridine rings is 2. The number of hydrogen-bond acceptors (Lipinski definition) is 4. The van der Waals surface area contributed by atoms with E-state index in [4.69, 9.17) is 0 Å². The van der Waals surface area contributed by atoms with Crippen LogP contribution in [-0.4, -0.2) is 33.0 Å². The van der Waals surface area contributed by atoms with Crippen molar-refractivity contribution in [3.05, 3.63) is 108 Å². The van der Waals surface area contributed by atoms with Crippen molar-refractivity contribution in [2.45, 2.75) is 84.5 Å². The first-order valence-corrected chi connectivity index (χ1v) is 14.9. The Hall–Kier alpha value is -3.50. The molecule has 2 saturated heterocycles. The number of fused-ring (bicyclic) bond motifs is 4. The van der Waals surface area contributed by atoms with Gasteiger partial charge in [0.1, 0.15) is 0 Å². The summed E-state index contributed by atoms with van der Waals surface area (Å²) in [5, 5.41) is 0. The largest absolute Gasteiger partial charge is 0.338 e. The summed E-state index contributed by atoms with van der Waals surface area (Å²) in [6.07, 6.45) is 11.7. The molecule has 2 bridgehead atoms. The molecule has 2 aromatic carbocycles. The van der Waals surface area contributed by atoms with Crippen molar-refractivity contribution >= 4 is 11.4 Å². The lowest BCUT2D eigenvalue weighted by atomic mass is 9.88. The highest BCUT2D eigenvalue weighted by Crippen LogP contribution is 2.47. The Bertz CT molecular complexity index is 1320. The third-order valence-corrected chi connectivity index (χ3v) is 8.26. The zero-order chi connectivity index (χ0) is 27.2. The third-order valence-electron chi connectivity index (χ3n) is 8.26. The quantitative estimate of drug-likeness (QED) is 0.271. The molecule has 5 heterocycles. The summed E-state index contributed by atoms with van der Waals surface area (Å²) in [5.41, 5.74) is 9.28. The van der Waals surface area contributed by atoms with E-state index >= 15 is 0 Å². The van der Waals surface area contributed by atoms with Crippen LogP contribution in [0.4, 0.5) is 11.4 Å². The lowest BCUT2D eigenvalue weighted by molar-refractivity contribution is 0.118. The number of nitrogens with zero attached hydrogens (tertiary/aromatic N) is 4. The molecule has 4 aromatic rings. The van der Waals surface area contributed by atoms with Gasteiger partial charge in [-0.15, -0.1) is 0 Å². The molecule has 2 unspecified atom stereocenters. The number of anilines is 2. The molecule has 3 aliphatic heterocycles. The standard InChI is InChI=1S/C31H30N4.2C2H6/c1-2-9-30-23(6-1)17-25-16-22(24-7-5-14-32-20-24)10-13-31(25)35(30)29-18-27-11-12-28(19-29)34(27)21-26-8-3-4-15-33-26;2*1-2/h1-10,13-16,20,27-29H,11-12,17-19,21H2;2*1-2H3. The van der Waals surface area contributed by atoms with Crippen molar-refractivity contribution in [3.63, 3.8) is 0 Å². The Kier molecular flexibility index (Phi) is 8.73. The topological polar surface area (TPSA) is 32.3 Å². The second-order valence-corrected chi connectivity index (χ2v) is 10.3. The van der Waals surface area contributed by atoms with E-state index in [1.54, 1.807) is 0 Å². The van der Waals surface area contributed by atoms with Crippen LogP contribution in [0.15, 0.2) is 91.4 Å². The SMILES string of the molecule is CC.CC.c1ccc(CN2C3CCC2CC(N2c4ccccc4Cc4cc(-c5cccnc5)ccc42)C3)nc1. The third kappa shape index (κ3) is 5.49. The van der Waals surface area contributed by atoms with Gasteiger partial charge in [0.2, 0.25) is 0 Å². The molecule has 0 aliphatic carbocycles. The average Bonchev–Trinajstić information content (AvgIpc) is 3.23. The summed E-state index contributed by atoms with van der Waals surface area (Å²) in [6, 6.07) is 28.3. The van der Waals surface area contributed by atoms with Gasteiger partial charge in [-0.25, -0.2) is 0 Å². The van der Waals surface area contributed by atoms with Gasteiger partial charge in [-0.05, 0) is 84.3 Å². The van der Waals surface area contributed by atoms with Gasteiger partial charge in [-0.3, -0.25) is 14.9 Å². The summed E-state index contributed by atoms with van der Waals surface area (Å²) in [7, 11) is 0. The predicted octanol–water partition coefficient (Wildman–Crippen LogP) is 8.43. The molecule has 39 heavy (non-hydrogen) atoms. The molecule has 0 amide bonds. The summed E-state index contributed by atoms with van der Waals surface area (Å²) in [6.45, 7) is 8.98. The number of piperidine rings is 1. The van der Waals surface area contributed by atoms with E-state index < -0.39 is 0 Å². The van der Waals surface area contributed by atoms with Crippen molar-refractivity contribution < 1.29 is 0 Å². The minimum absolute atomic E-state index is 0.525. The molecular formula is C35H42N4. The molecule has 0 N–H and O–H groups in total. The molecule has 0 radical (unpaired) electrons. The van der Waals surface area contributed by atoms with Crippen molar-refractivity contribution in [3.8, 4) is 11.1 Å². The summed E-state index contributed by atoms with van der Waals surface area (Å²) in [4.78, 5) is 14.4. The Morgan fingerprint density at radius 3 is 2.15 bits per heavy atom. The average molecular weight is 519 g/mol. The number of aromatic nitrogens is 2. The lowest BCUT2D eigenvalue weighted by Crippen LogP contribution is -2.49. The van der Waals surface area contributed by atoms with Gasteiger partial charge in [0.15, 0.2) is 0 Å². The minimum Gasteiger partial charge on any atom is -0.338 e. The van der Waals surface area contributed by atoms with Crippen LogP contribution in [0.3, 0.4) is 0 Å². The van der Waals surface area contributed by atoms with E-state index in [0.717, 1.165) is 13.0 Å². The normalized spacial score (nSPS) is 21.0. The van der Waals surface area contributed by atoms with Gasteiger partial charge in [-0.1, -0.05) is 64.1 Å². The summed E-state index contributed by atoms with van der Waals surface area (Å²) >= 11 is 0. The molecule has 202 valence electrons. The maximum Gasteiger partial charge on any atom is 0.0544 e. The van der Waals surface area contributed by atoms with E-state index in [2.05, 4.69) is 80.4 Å². The van der Waals surface area contributed by atoms with Gasteiger partial charge in [0.25, 0.3) is 0 Å². The fourth-order valence-electron chi connectivity index (χ4n) is 6.69. The molecular weight excluding hydrogens is 476 g/mol. The molecule has 2 atom stereocenters. The van der Waals surface area contributed by atoms with Crippen molar-refractivity contribution in [2.75, 3.05) is 4.90 Å². The van der Waals surface area contributed by atoms with E-state index in [1.165, 1.54) is 65.0 Å². The minimum atomic E-state index is 0.525. The fraction of sp³-hybridized carbons (Fsp3) is 0.371. The highest BCUT2D eigenvalue weighted by molar-refractivity contribution is 5.78. The van der Waals surface area contributed by atoms with E-state index in [-0.39, 0.29) is 0 Å². The molecule has 3 aliphatic rings. The first-order valence-electron chi connectivity index (χ1n) is 14.9. The zero-order valence-electron chi connectivity index (χ0n) is 23.9. The highest BCUT2D eigenvalue weighted by Gasteiger charge is 2.43. The number of para-hydroxylation sites is 1. The Morgan fingerprint density at radius 2 is 1.44 bits per heavy atom. The van der Waals surface area contributed by atoms with Gasteiger partial charge >= 0.3 is 0 Å². The second-order valence-electron chi connectivity index (χ2n) is 10.3. The number of benzene rings is 2. The molecule has 4 heteroatoms. The molecule has 7 rings (SSSR count). The predicted molar refractivity (Wildman–Crippen MR) is 163 cm³/mol. The Labute approximate surface area is 234 Å². The Balaban J connectivity index is 0.000000738. The summed E-state index contributed by atoms with van der Waals surface area (Å²) < 4.78 is 0. The van der Waals surface area contributed by atoms with Crippen LogP contribution in [0.25, 0.3) is 11.1 Å². The maximum absolute atomic E-state index is 4.61. The van der Waals surface area contributed by atoms with Crippen LogP contribution < -0.4 is 4.90 Å². The van der Waals surface area contributed by atoms with Crippen LogP contribution in [0.5, 0.6) is 0 Å². The molecule has 2 aromatic heterocycles. The molecule has 0 spiro atoms. The van der Waals surface area contributed by atoms with Gasteiger partial charge in [-0.2, -0.15) is 0 Å². The van der Waals surface area contributed by atoms with Gasteiger partial charge in [0, 0.05) is 61.1 Å². The smallest absolute Gasteiger partial charge is 0.0544 e. The van der Waals surface area contributed by atoms with Crippen LogP contribution >= 0.6 is 0 Å². The maximum atomic E-state index is 4.61. The van der Waals surface area contributed by atoms with Crippen molar-refractivity contribution in [2.24, 2.45) is 0 Å². The van der Waals surface area contributed by atoms with Crippen LogP contribution in [0.2, 0.25) is 0 Å². The lowest BCUT2D eigenvalue weighted by Gasteiger charge is -2.46. The van der Waals surface area contributed by atoms with E-state index in [9.17, 15) is 0 Å². The Morgan fingerprint density at radius 1 is 0.692 bits per heavy atom. The van der Waals surface area contributed by atoms with Crippen LogP contribution in [0, 0.1) is 0 Å². The first-order chi connectivity index (χ1) is 19.3.